The first-order chi connectivity index (χ1) is 9.52. The molecule has 3 nitrogen and oxygen atoms in total. The maximum Gasteiger partial charge on any atom is 0.165 e. The Morgan fingerprint density at radius 3 is 2.60 bits per heavy atom. The van der Waals surface area contributed by atoms with E-state index in [9.17, 15) is 8.78 Å². The van der Waals surface area contributed by atoms with Crippen LogP contribution in [-0.2, 0) is 0 Å². The first-order valence-corrected chi connectivity index (χ1v) is 6.12. The molecule has 0 saturated heterocycles. The highest BCUT2D eigenvalue weighted by molar-refractivity contribution is 7.80. The summed E-state index contributed by atoms with van der Waals surface area (Å²) < 4.78 is 31.9. The van der Waals surface area contributed by atoms with Crippen molar-refractivity contribution >= 4 is 28.6 Å². The fraction of sp³-hybridized carbons (Fsp3) is 0.0714. The lowest BCUT2D eigenvalue weighted by molar-refractivity contribution is 0.387. The summed E-state index contributed by atoms with van der Waals surface area (Å²) in [6.45, 7) is 0. The first kappa shape index (κ1) is 14.2. The maximum absolute atomic E-state index is 13.7. The molecule has 0 amide bonds. The second-order valence-electron chi connectivity index (χ2n) is 4.00. The van der Waals surface area contributed by atoms with Crippen molar-refractivity contribution in [2.24, 2.45) is 5.73 Å². The van der Waals surface area contributed by atoms with Crippen LogP contribution in [0.1, 0.15) is 5.56 Å². The lowest BCUT2D eigenvalue weighted by atomic mass is 10.1. The van der Waals surface area contributed by atoms with Crippen molar-refractivity contribution in [3.05, 3.63) is 53.6 Å². The van der Waals surface area contributed by atoms with Gasteiger partial charge in [0.2, 0.25) is 0 Å². The molecule has 0 aromatic heterocycles. The van der Waals surface area contributed by atoms with Crippen LogP contribution >= 0.6 is 12.2 Å². The first-order valence-electron chi connectivity index (χ1n) is 5.72. The molecule has 0 heterocycles. The van der Waals surface area contributed by atoms with E-state index in [0.29, 0.717) is 11.4 Å². The lowest BCUT2D eigenvalue weighted by Gasteiger charge is -2.13. The molecule has 104 valence electrons. The molecule has 0 spiro atoms. The molecule has 0 atom stereocenters. The van der Waals surface area contributed by atoms with Crippen molar-refractivity contribution in [3.8, 4) is 5.75 Å². The molecule has 2 aromatic rings. The Morgan fingerprint density at radius 1 is 1.20 bits per heavy atom. The molecule has 2 aromatic carbocycles. The van der Waals surface area contributed by atoms with E-state index >= 15 is 0 Å². The molecule has 0 radical (unpaired) electrons. The Bertz CT molecular complexity index is 662. The van der Waals surface area contributed by atoms with Gasteiger partial charge in [-0.05, 0) is 24.3 Å². The van der Waals surface area contributed by atoms with Gasteiger partial charge in [-0.2, -0.15) is 0 Å². The van der Waals surface area contributed by atoms with E-state index in [1.807, 2.05) is 0 Å². The van der Waals surface area contributed by atoms with Gasteiger partial charge in [0.1, 0.15) is 10.8 Å². The van der Waals surface area contributed by atoms with Gasteiger partial charge in [-0.1, -0.05) is 18.3 Å². The van der Waals surface area contributed by atoms with Crippen molar-refractivity contribution < 1.29 is 13.5 Å². The fourth-order valence-corrected chi connectivity index (χ4v) is 1.98. The number of anilines is 2. The van der Waals surface area contributed by atoms with Crippen LogP contribution in [0.15, 0.2) is 36.4 Å². The van der Waals surface area contributed by atoms with Gasteiger partial charge in [0.15, 0.2) is 11.6 Å². The SMILES string of the molecule is COc1cc(Nc2cccc(F)c2C(N)=S)ccc1F. The Labute approximate surface area is 120 Å². The summed E-state index contributed by atoms with van der Waals surface area (Å²) in [5, 5.41) is 2.94. The number of nitrogens with one attached hydrogen (secondary N) is 1. The monoisotopic (exact) mass is 294 g/mol. The van der Waals surface area contributed by atoms with Crippen LogP contribution in [0.4, 0.5) is 20.2 Å². The Hall–Kier alpha value is -2.21. The molecule has 0 saturated carbocycles. The van der Waals surface area contributed by atoms with Gasteiger partial charge in [-0.15, -0.1) is 0 Å². The molecule has 20 heavy (non-hydrogen) atoms. The molecule has 0 bridgehead atoms. The van der Waals surface area contributed by atoms with Gasteiger partial charge in [-0.3, -0.25) is 0 Å². The lowest BCUT2D eigenvalue weighted by Crippen LogP contribution is -2.14. The third-order valence-corrected chi connectivity index (χ3v) is 2.89. The number of nitrogens with two attached hydrogens (primary N) is 1. The smallest absolute Gasteiger partial charge is 0.165 e. The van der Waals surface area contributed by atoms with Crippen molar-refractivity contribution in [3.63, 3.8) is 0 Å². The van der Waals surface area contributed by atoms with E-state index in [2.05, 4.69) is 5.32 Å². The average Bonchev–Trinajstić information content (AvgIpc) is 2.40. The van der Waals surface area contributed by atoms with Crippen LogP contribution < -0.4 is 15.8 Å². The third-order valence-electron chi connectivity index (χ3n) is 2.69. The molecule has 3 N–H and O–H groups in total. The summed E-state index contributed by atoms with van der Waals surface area (Å²) in [6, 6.07) is 8.65. The van der Waals surface area contributed by atoms with E-state index in [0.717, 1.165) is 0 Å². The van der Waals surface area contributed by atoms with E-state index in [1.165, 1.54) is 37.4 Å². The molecule has 2 rings (SSSR count). The van der Waals surface area contributed by atoms with Crippen LogP contribution in [0.5, 0.6) is 5.75 Å². The van der Waals surface area contributed by atoms with Crippen LogP contribution in [0.25, 0.3) is 0 Å². The fourth-order valence-electron chi connectivity index (χ4n) is 1.77. The molecular weight excluding hydrogens is 282 g/mol. The average molecular weight is 294 g/mol. The van der Waals surface area contributed by atoms with Crippen LogP contribution in [-0.4, -0.2) is 12.1 Å². The number of methoxy groups -OCH3 is 1. The second kappa shape index (κ2) is 5.83. The molecule has 0 aliphatic rings. The number of ether oxygens (including phenoxy) is 1. The predicted molar refractivity (Wildman–Crippen MR) is 78.5 cm³/mol. The molecular formula is C14H12F2N2OS. The van der Waals surface area contributed by atoms with Gasteiger partial charge in [0.05, 0.1) is 18.4 Å². The zero-order chi connectivity index (χ0) is 14.7. The number of rotatable bonds is 4. The van der Waals surface area contributed by atoms with Gasteiger partial charge < -0.3 is 15.8 Å². The number of benzene rings is 2. The zero-order valence-electron chi connectivity index (χ0n) is 10.6. The summed E-state index contributed by atoms with van der Waals surface area (Å²) in [5.74, 6) is -0.910. The van der Waals surface area contributed by atoms with Gasteiger partial charge in [0, 0.05) is 11.8 Å². The molecule has 0 fully saturated rings. The number of hydrogen-bond donors (Lipinski definition) is 2. The minimum Gasteiger partial charge on any atom is -0.494 e. The van der Waals surface area contributed by atoms with Crippen molar-refractivity contribution in [2.45, 2.75) is 0 Å². The zero-order valence-corrected chi connectivity index (χ0v) is 11.4. The minimum absolute atomic E-state index is 0.0559. The number of thiocarbonyl (C=S) groups is 1. The van der Waals surface area contributed by atoms with Crippen molar-refractivity contribution in [2.75, 3.05) is 12.4 Å². The highest BCUT2D eigenvalue weighted by Gasteiger charge is 2.12. The quantitative estimate of drug-likeness (QED) is 0.849. The highest BCUT2D eigenvalue weighted by atomic mass is 32.1. The summed E-state index contributed by atoms with van der Waals surface area (Å²) in [7, 11) is 1.37. The number of halogens is 2. The molecule has 0 unspecified atom stereocenters. The molecule has 0 aliphatic carbocycles. The number of hydrogen-bond acceptors (Lipinski definition) is 3. The Balaban J connectivity index is 2.40. The topological polar surface area (TPSA) is 47.3 Å². The summed E-state index contributed by atoms with van der Waals surface area (Å²) in [6.07, 6.45) is 0. The van der Waals surface area contributed by atoms with E-state index in [-0.39, 0.29) is 16.3 Å². The normalized spacial score (nSPS) is 10.2. The summed E-state index contributed by atoms with van der Waals surface area (Å²) in [4.78, 5) is -0.0559. The molecule has 6 heteroatoms. The van der Waals surface area contributed by atoms with E-state index < -0.39 is 11.6 Å². The Kier molecular flexibility index (Phi) is 4.14. The van der Waals surface area contributed by atoms with E-state index in [1.54, 1.807) is 6.07 Å². The van der Waals surface area contributed by atoms with Crippen molar-refractivity contribution in [1.29, 1.82) is 0 Å². The maximum atomic E-state index is 13.7. The largest absolute Gasteiger partial charge is 0.494 e. The van der Waals surface area contributed by atoms with E-state index in [4.69, 9.17) is 22.7 Å². The second-order valence-corrected chi connectivity index (χ2v) is 4.44. The van der Waals surface area contributed by atoms with Crippen molar-refractivity contribution in [1.82, 2.24) is 0 Å². The Morgan fingerprint density at radius 2 is 1.95 bits per heavy atom. The molecule has 0 aliphatic heterocycles. The van der Waals surface area contributed by atoms with Gasteiger partial charge >= 0.3 is 0 Å². The standard InChI is InChI=1S/C14H12F2N2OS/c1-19-12-7-8(5-6-9(12)15)18-11-4-2-3-10(16)13(11)14(17)20/h2-7,18H,1H3,(H2,17,20). The van der Waals surface area contributed by atoms with Crippen LogP contribution in [0, 0.1) is 11.6 Å². The predicted octanol–water partition coefficient (Wildman–Crippen LogP) is 3.35. The summed E-state index contributed by atoms with van der Waals surface area (Å²) >= 11 is 4.84. The van der Waals surface area contributed by atoms with Crippen LogP contribution in [0.2, 0.25) is 0 Å². The van der Waals surface area contributed by atoms with Gasteiger partial charge in [-0.25, -0.2) is 8.78 Å². The van der Waals surface area contributed by atoms with Gasteiger partial charge in [0.25, 0.3) is 0 Å². The summed E-state index contributed by atoms with van der Waals surface area (Å²) in [5.41, 5.74) is 6.57. The minimum atomic E-state index is -0.517. The van der Waals surface area contributed by atoms with Crippen LogP contribution in [0.3, 0.4) is 0 Å². The third kappa shape index (κ3) is 2.85. The highest BCUT2D eigenvalue weighted by Crippen LogP contribution is 2.27.